The second-order valence-electron chi connectivity index (χ2n) is 10.7. The Morgan fingerprint density at radius 1 is 1.10 bits per heavy atom. The van der Waals surface area contributed by atoms with E-state index in [-0.39, 0.29) is 24.2 Å². The first-order chi connectivity index (χ1) is 18.9. The van der Waals surface area contributed by atoms with E-state index in [4.69, 9.17) is 9.47 Å². The van der Waals surface area contributed by atoms with Gasteiger partial charge in [-0.2, -0.15) is 0 Å². The molecule has 3 aliphatic rings. The predicted molar refractivity (Wildman–Crippen MR) is 145 cm³/mol. The van der Waals surface area contributed by atoms with Crippen molar-refractivity contribution in [2.75, 3.05) is 64.4 Å². The van der Waals surface area contributed by atoms with E-state index in [1.54, 1.807) is 6.07 Å². The fourth-order valence-electron chi connectivity index (χ4n) is 5.62. The Balaban J connectivity index is 1.21. The van der Waals surface area contributed by atoms with Crippen LogP contribution in [0.25, 0.3) is 0 Å². The van der Waals surface area contributed by atoms with Crippen molar-refractivity contribution in [3.63, 3.8) is 0 Å². The summed E-state index contributed by atoms with van der Waals surface area (Å²) in [6.45, 7) is 8.30. The van der Waals surface area contributed by atoms with Crippen LogP contribution in [-0.4, -0.2) is 87.3 Å². The minimum Gasteiger partial charge on any atom is -0.496 e. The fraction of sp³-hybridized carbons (Fsp3) is 0.679. The Kier molecular flexibility index (Phi) is 10.4. The molecule has 0 spiro atoms. The third-order valence-corrected chi connectivity index (χ3v) is 8.08. The minimum absolute atomic E-state index is 0.231. The van der Waals surface area contributed by atoms with Crippen molar-refractivity contribution in [3.8, 4) is 5.75 Å². The van der Waals surface area contributed by atoms with Crippen LogP contribution in [0.5, 0.6) is 5.75 Å². The van der Waals surface area contributed by atoms with Crippen LogP contribution >= 0.6 is 0 Å². The molecule has 216 valence electrons. The molecule has 3 amide bonds. The molecule has 3 aliphatic heterocycles. The van der Waals surface area contributed by atoms with Gasteiger partial charge in [0.25, 0.3) is 0 Å². The summed E-state index contributed by atoms with van der Waals surface area (Å²) in [7, 11) is 1.52. The number of amides is 3. The molecule has 0 radical (unpaired) electrons. The number of halogens is 1. The summed E-state index contributed by atoms with van der Waals surface area (Å²) < 4.78 is 26.0. The zero-order valence-electron chi connectivity index (χ0n) is 23.2. The van der Waals surface area contributed by atoms with Gasteiger partial charge in [-0.1, -0.05) is 13.3 Å². The van der Waals surface area contributed by atoms with Crippen LogP contribution in [0.1, 0.15) is 63.4 Å². The summed E-state index contributed by atoms with van der Waals surface area (Å²) >= 11 is 0. The van der Waals surface area contributed by atoms with Gasteiger partial charge in [-0.15, -0.1) is 0 Å². The Bertz CT molecular complexity index is 1010. The van der Waals surface area contributed by atoms with Crippen LogP contribution in [0.3, 0.4) is 0 Å². The lowest BCUT2D eigenvalue weighted by Crippen LogP contribution is -2.48. The van der Waals surface area contributed by atoms with E-state index >= 15 is 4.39 Å². The molecule has 1 atom stereocenters. The van der Waals surface area contributed by atoms with E-state index in [0.717, 1.165) is 64.8 Å². The van der Waals surface area contributed by atoms with E-state index in [9.17, 15) is 14.4 Å². The van der Waals surface area contributed by atoms with Crippen molar-refractivity contribution in [2.45, 2.75) is 57.8 Å². The van der Waals surface area contributed by atoms with Crippen LogP contribution in [0, 0.1) is 11.7 Å². The minimum atomic E-state index is -0.597. The predicted octanol–water partition coefficient (Wildman–Crippen LogP) is 3.02. The molecule has 3 saturated heterocycles. The fourth-order valence-corrected chi connectivity index (χ4v) is 5.62. The largest absolute Gasteiger partial charge is 0.496 e. The molecule has 0 aliphatic carbocycles. The number of methoxy groups -OCH3 is 1. The number of piperazine rings is 1. The topological polar surface area (TPSA) is 103 Å². The number of piperidine rings is 2. The van der Waals surface area contributed by atoms with Gasteiger partial charge in [-0.25, -0.2) is 14.2 Å². The first kappa shape index (κ1) is 29.1. The van der Waals surface area contributed by atoms with Crippen molar-refractivity contribution in [3.05, 3.63) is 23.5 Å². The summed E-state index contributed by atoms with van der Waals surface area (Å²) in [5.74, 6) is -0.583. The number of carbonyl (C=O) groups excluding carboxylic acids is 3. The highest BCUT2D eigenvalue weighted by atomic mass is 19.1. The molecule has 0 saturated carbocycles. The van der Waals surface area contributed by atoms with Gasteiger partial charge >= 0.3 is 6.09 Å². The molecule has 3 fully saturated rings. The van der Waals surface area contributed by atoms with Crippen molar-refractivity contribution in [2.24, 2.45) is 5.92 Å². The van der Waals surface area contributed by atoms with Gasteiger partial charge in [0.1, 0.15) is 11.6 Å². The van der Waals surface area contributed by atoms with E-state index in [2.05, 4.69) is 22.6 Å². The standard InChI is InChI=1S/C28H42FN5O5/c1-3-4-17-39-28(37)31-34-11-8-20(9-12-34)7-10-32-13-15-33(16-14-32)24-19-25(38-2)22(18-23(24)29)21-5-6-26(35)30-27(21)36/h18-21H,3-17H2,1-2H3,(H,31,37)(H,30,35,36). The molecule has 1 unspecified atom stereocenters. The van der Waals surface area contributed by atoms with Crippen molar-refractivity contribution >= 4 is 23.6 Å². The molecule has 4 rings (SSSR count). The molecule has 1 aromatic rings. The monoisotopic (exact) mass is 547 g/mol. The second-order valence-corrected chi connectivity index (χ2v) is 10.7. The van der Waals surface area contributed by atoms with E-state index in [1.807, 2.05) is 9.91 Å². The van der Waals surface area contributed by atoms with E-state index in [1.165, 1.54) is 13.2 Å². The van der Waals surface area contributed by atoms with E-state index < -0.39 is 11.8 Å². The molecule has 11 heteroatoms. The molecule has 3 heterocycles. The summed E-state index contributed by atoms with van der Waals surface area (Å²) in [5, 5.41) is 4.30. The lowest BCUT2D eigenvalue weighted by atomic mass is 9.89. The highest BCUT2D eigenvalue weighted by molar-refractivity contribution is 6.01. The SMILES string of the molecule is CCCCOC(=O)NN1CCC(CCN2CCN(c3cc(OC)c(C4CCC(=O)NC4=O)cc3F)CC2)CC1. The average Bonchev–Trinajstić information content (AvgIpc) is 2.93. The number of carbonyl (C=O) groups is 3. The summed E-state index contributed by atoms with van der Waals surface area (Å²) in [4.78, 5) is 40.2. The molecular formula is C28H42FN5O5. The summed E-state index contributed by atoms with van der Waals surface area (Å²) in [6.07, 6.45) is 5.29. The Labute approximate surface area is 230 Å². The Morgan fingerprint density at radius 2 is 1.85 bits per heavy atom. The first-order valence-electron chi connectivity index (χ1n) is 14.2. The first-order valence-corrected chi connectivity index (χ1v) is 14.2. The van der Waals surface area contributed by atoms with Crippen molar-refractivity contribution in [1.29, 1.82) is 0 Å². The zero-order valence-corrected chi connectivity index (χ0v) is 23.2. The third-order valence-electron chi connectivity index (χ3n) is 8.08. The second kappa shape index (κ2) is 13.9. The quantitative estimate of drug-likeness (QED) is 0.341. The number of ether oxygens (including phenoxy) is 2. The van der Waals surface area contributed by atoms with Crippen LogP contribution < -0.4 is 20.4 Å². The number of hydrogen-bond acceptors (Lipinski definition) is 8. The van der Waals surface area contributed by atoms with Crippen molar-refractivity contribution < 1.29 is 28.2 Å². The third kappa shape index (κ3) is 7.82. The number of hydrogen-bond donors (Lipinski definition) is 2. The zero-order chi connectivity index (χ0) is 27.8. The number of nitrogens with one attached hydrogen (secondary N) is 2. The molecule has 0 aromatic heterocycles. The molecule has 0 bridgehead atoms. The van der Waals surface area contributed by atoms with Crippen LogP contribution in [-0.2, 0) is 14.3 Å². The van der Waals surface area contributed by atoms with Gasteiger partial charge in [0.15, 0.2) is 0 Å². The summed E-state index contributed by atoms with van der Waals surface area (Å²) in [5.41, 5.74) is 3.81. The number of imide groups is 1. The number of benzene rings is 1. The highest BCUT2D eigenvalue weighted by Crippen LogP contribution is 2.37. The number of anilines is 1. The summed E-state index contributed by atoms with van der Waals surface area (Å²) in [6, 6.07) is 3.08. The van der Waals surface area contributed by atoms with Crippen LogP contribution in [0.2, 0.25) is 0 Å². The maximum absolute atomic E-state index is 15.2. The Morgan fingerprint density at radius 3 is 2.51 bits per heavy atom. The molecule has 10 nitrogen and oxygen atoms in total. The Hall–Kier alpha value is -2.92. The highest BCUT2D eigenvalue weighted by Gasteiger charge is 2.32. The number of rotatable bonds is 10. The van der Waals surface area contributed by atoms with Gasteiger partial charge in [0.2, 0.25) is 11.8 Å². The number of unbranched alkanes of at least 4 members (excludes halogenated alkanes) is 1. The van der Waals surface area contributed by atoms with Gasteiger partial charge in [-0.05, 0) is 50.6 Å². The van der Waals surface area contributed by atoms with Gasteiger partial charge < -0.3 is 14.4 Å². The van der Waals surface area contributed by atoms with Crippen molar-refractivity contribution in [1.82, 2.24) is 20.7 Å². The maximum Gasteiger partial charge on any atom is 0.421 e. The molecule has 39 heavy (non-hydrogen) atoms. The smallest absolute Gasteiger partial charge is 0.421 e. The van der Waals surface area contributed by atoms with Crippen LogP contribution in [0.15, 0.2) is 12.1 Å². The lowest BCUT2D eigenvalue weighted by Gasteiger charge is -2.38. The molecular weight excluding hydrogens is 505 g/mol. The normalized spacial score (nSPS) is 21.5. The van der Waals surface area contributed by atoms with Gasteiger partial charge in [0.05, 0.1) is 25.3 Å². The molecule has 2 N–H and O–H groups in total. The van der Waals surface area contributed by atoms with Crippen LogP contribution in [0.4, 0.5) is 14.9 Å². The average molecular weight is 548 g/mol. The maximum atomic E-state index is 15.2. The van der Waals surface area contributed by atoms with Gasteiger partial charge in [0, 0.05) is 57.3 Å². The number of nitrogens with zero attached hydrogens (tertiary/aromatic N) is 3. The number of hydrazine groups is 1. The van der Waals surface area contributed by atoms with Gasteiger partial charge in [-0.3, -0.25) is 25.2 Å². The lowest BCUT2D eigenvalue weighted by molar-refractivity contribution is -0.134. The molecule has 1 aromatic carbocycles. The van der Waals surface area contributed by atoms with E-state index in [0.29, 0.717) is 49.0 Å².